The number of hydrogen-bond acceptors (Lipinski definition) is 2. The zero-order chi connectivity index (χ0) is 18.8. The minimum Gasteiger partial charge on any atom is -0.478 e. The number of nitrogens with zero attached hydrogens (tertiary/aromatic N) is 1. The number of carboxylic acid groups (broad SMARTS) is 1. The molecule has 27 heavy (non-hydrogen) atoms. The van der Waals surface area contributed by atoms with Gasteiger partial charge in [0.1, 0.15) is 0 Å². The molecule has 5 heteroatoms. The van der Waals surface area contributed by atoms with Crippen molar-refractivity contribution in [2.24, 2.45) is 0 Å². The number of rotatable bonds is 5. The van der Waals surface area contributed by atoms with Crippen LogP contribution in [0.4, 0.5) is 0 Å². The predicted molar refractivity (Wildman–Crippen MR) is 110 cm³/mol. The molecule has 134 valence electrons. The smallest absolute Gasteiger partial charge is 0.335 e. The average Bonchev–Trinajstić information content (AvgIpc) is 2.99. The van der Waals surface area contributed by atoms with Crippen LogP contribution in [-0.4, -0.2) is 15.6 Å². The van der Waals surface area contributed by atoms with Gasteiger partial charge in [0.05, 0.1) is 11.1 Å². The minimum atomic E-state index is -0.921. The second-order valence-electron chi connectivity index (χ2n) is 6.20. The second-order valence-corrected chi connectivity index (χ2v) is 7.76. The van der Waals surface area contributed by atoms with E-state index in [1.807, 2.05) is 42.5 Å². The minimum absolute atomic E-state index is 0.288. The lowest BCUT2D eigenvalue weighted by atomic mass is 10.2. The summed E-state index contributed by atoms with van der Waals surface area (Å²) in [5.74, 6) is -0.921. The Bertz CT molecular complexity index is 1120. The number of carbonyl (C=O) groups is 1. The molecule has 4 aromatic rings. The third-order valence-corrected chi connectivity index (χ3v) is 5.58. The molecule has 0 saturated heterocycles. The van der Waals surface area contributed by atoms with E-state index < -0.39 is 5.97 Å². The molecule has 0 aliphatic heterocycles. The zero-order valence-electron chi connectivity index (χ0n) is 14.3. The number of carboxylic acids is 1. The van der Waals surface area contributed by atoms with Crippen molar-refractivity contribution in [1.82, 2.24) is 4.57 Å². The quantitative estimate of drug-likeness (QED) is 0.439. The number of fused-ring (bicyclic) bond motifs is 1. The maximum atomic E-state index is 11.2. The van der Waals surface area contributed by atoms with Crippen molar-refractivity contribution < 1.29 is 9.90 Å². The lowest BCUT2D eigenvalue weighted by Gasteiger charge is -2.05. The van der Waals surface area contributed by atoms with Gasteiger partial charge in [0.25, 0.3) is 0 Å². The van der Waals surface area contributed by atoms with Gasteiger partial charge in [-0.1, -0.05) is 65.8 Å². The summed E-state index contributed by atoms with van der Waals surface area (Å²) in [5.41, 5.74) is 2.55. The molecule has 0 atom stereocenters. The Balaban J connectivity index is 1.75. The molecule has 0 amide bonds. The number of aromatic nitrogens is 1. The molecule has 0 saturated carbocycles. The molecule has 3 aromatic carbocycles. The number of halogens is 1. The summed E-state index contributed by atoms with van der Waals surface area (Å²) in [6, 6.07) is 23.1. The molecule has 0 unspecified atom stereocenters. The summed E-state index contributed by atoms with van der Waals surface area (Å²) in [5, 5.41) is 11.0. The van der Waals surface area contributed by atoms with Crippen LogP contribution in [0, 0.1) is 0 Å². The van der Waals surface area contributed by atoms with E-state index in [-0.39, 0.29) is 5.56 Å². The van der Waals surface area contributed by atoms with Gasteiger partial charge in [0.15, 0.2) is 0 Å². The molecule has 4 rings (SSSR count). The molecule has 1 heterocycles. The predicted octanol–water partition coefficient (Wildman–Crippen LogP) is 6.19. The second kappa shape index (κ2) is 7.51. The lowest BCUT2D eigenvalue weighted by molar-refractivity contribution is 0.0696. The highest BCUT2D eigenvalue weighted by Crippen LogP contribution is 2.36. The number of hydrogen-bond donors (Lipinski definition) is 1. The Kier molecular flexibility index (Phi) is 4.92. The lowest BCUT2D eigenvalue weighted by Crippen LogP contribution is -1.97. The Morgan fingerprint density at radius 1 is 1.00 bits per heavy atom. The molecule has 0 aliphatic rings. The van der Waals surface area contributed by atoms with Crippen molar-refractivity contribution in [2.75, 3.05) is 0 Å². The summed E-state index contributed by atoms with van der Waals surface area (Å²) >= 11 is 7.79. The molecule has 0 bridgehead atoms. The largest absolute Gasteiger partial charge is 0.478 e. The van der Waals surface area contributed by atoms with E-state index in [2.05, 4.69) is 22.9 Å². The van der Waals surface area contributed by atoms with Crippen molar-refractivity contribution >= 4 is 40.2 Å². The van der Waals surface area contributed by atoms with Gasteiger partial charge in [-0.2, -0.15) is 0 Å². The van der Waals surface area contributed by atoms with Gasteiger partial charge in [-0.3, -0.25) is 0 Å². The van der Waals surface area contributed by atoms with Crippen molar-refractivity contribution in [3.05, 3.63) is 95.1 Å². The van der Waals surface area contributed by atoms with Gasteiger partial charge in [-0.25, -0.2) is 4.79 Å². The van der Waals surface area contributed by atoms with Gasteiger partial charge < -0.3 is 9.67 Å². The van der Waals surface area contributed by atoms with E-state index in [1.165, 1.54) is 5.56 Å². The van der Waals surface area contributed by atoms with Crippen LogP contribution in [0.25, 0.3) is 10.9 Å². The topological polar surface area (TPSA) is 42.2 Å². The van der Waals surface area contributed by atoms with E-state index >= 15 is 0 Å². The normalized spacial score (nSPS) is 11.0. The highest BCUT2D eigenvalue weighted by molar-refractivity contribution is 7.99. The van der Waals surface area contributed by atoms with Crippen molar-refractivity contribution in [3.8, 4) is 0 Å². The van der Waals surface area contributed by atoms with Crippen LogP contribution >= 0.6 is 23.4 Å². The molecular formula is C22H16ClNO2S. The van der Waals surface area contributed by atoms with Crippen LogP contribution in [-0.2, 0) is 6.54 Å². The van der Waals surface area contributed by atoms with Gasteiger partial charge in [-0.15, -0.1) is 0 Å². The van der Waals surface area contributed by atoms with Crippen LogP contribution in [0.15, 0.2) is 88.8 Å². The monoisotopic (exact) mass is 393 g/mol. The summed E-state index contributed by atoms with van der Waals surface area (Å²) < 4.78 is 2.18. The van der Waals surface area contributed by atoms with E-state index in [0.29, 0.717) is 5.02 Å². The highest BCUT2D eigenvalue weighted by Gasteiger charge is 2.12. The van der Waals surface area contributed by atoms with E-state index in [1.54, 1.807) is 30.0 Å². The first-order chi connectivity index (χ1) is 13.1. The maximum Gasteiger partial charge on any atom is 0.335 e. The summed E-state index contributed by atoms with van der Waals surface area (Å²) in [6.45, 7) is 0.743. The summed E-state index contributed by atoms with van der Waals surface area (Å²) in [6.07, 6.45) is 2.10. The van der Waals surface area contributed by atoms with Crippen molar-refractivity contribution in [3.63, 3.8) is 0 Å². The summed E-state index contributed by atoms with van der Waals surface area (Å²) in [4.78, 5) is 13.2. The van der Waals surface area contributed by atoms with Crippen molar-refractivity contribution in [1.29, 1.82) is 0 Å². The van der Waals surface area contributed by atoms with E-state index in [0.717, 1.165) is 27.2 Å². The van der Waals surface area contributed by atoms with Crippen LogP contribution in [0.2, 0.25) is 5.02 Å². The Hall–Kier alpha value is -2.69. The SMILES string of the molecule is O=C(O)c1cccc(Sc2cn(Cc3ccccc3)c3cc(Cl)ccc23)c1. The molecular weight excluding hydrogens is 378 g/mol. The Morgan fingerprint density at radius 3 is 2.59 bits per heavy atom. The van der Waals surface area contributed by atoms with Gasteiger partial charge in [-0.05, 0) is 35.9 Å². The molecule has 0 radical (unpaired) electrons. The fourth-order valence-electron chi connectivity index (χ4n) is 3.04. The Morgan fingerprint density at radius 2 is 1.81 bits per heavy atom. The Labute approximate surface area is 166 Å². The molecule has 1 N–H and O–H groups in total. The van der Waals surface area contributed by atoms with Gasteiger partial charge in [0, 0.05) is 32.9 Å². The zero-order valence-corrected chi connectivity index (χ0v) is 15.9. The van der Waals surface area contributed by atoms with E-state index in [9.17, 15) is 9.90 Å². The van der Waals surface area contributed by atoms with Crippen LogP contribution < -0.4 is 0 Å². The molecule has 0 aliphatic carbocycles. The van der Waals surface area contributed by atoms with Crippen molar-refractivity contribution in [2.45, 2.75) is 16.3 Å². The molecule has 3 nitrogen and oxygen atoms in total. The van der Waals surface area contributed by atoms with Gasteiger partial charge in [0.2, 0.25) is 0 Å². The van der Waals surface area contributed by atoms with E-state index in [4.69, 9.17) is 11.6 Å². The van der Waals surface area contributed by atoms with Gasteiger partial charge >= 0.3 is 5.97 Å². The highest BCUT2D eigenvalue weighted by atomic mass is 35.5. The number of benzene rings is 3. The first-order valence-corrected chi connectivity index (χ1v) is 9.63. The van der Waals surface area contributed by atoms with Crippen LogP contribution in [0.1, 0.15) is 15.9 Å². The molecule has 0 fully saturated rings. The fraction of sp³-hybridized carbons (Fsp3) is 0.0455. The summed E-state index contributed by atoms with van der Waals surface area (Å²) in [7, 11) is 0. The average molecular weight is 394 g/mol. The fourth-order valence-corrected chi connectivity index (χ4v) is 4.26. The van der Waals surface area contributed by atoms with Crippen LogP contribution in [0.3, 0.4) is 0 Å². The third-order valence-electron chi connectivity index (χ3n) is 4.31. The first-order valence-electron chi connectivity index (χ1n) is 8.44. The molecule has 0 spiro atoms. The molecule has 1 aromatic heterocycles. The van der Waals surface area contributed by atoms with Crippen LogP contribution in [0.5, 0.6) is 0 Å². The number of aromatic carboxylic acids is 1. The third kappa shape index (κ3) is 3.87. The first kappa shape index (κ1) is 17.7. The standard InChI is InChI=1S/C22H16ClNO2S/c23-17-9-10-19-20(12-17)24(13-15-5-2-1-3-6-15)14-21(19)27-18-8-4-7-16(11-18)22(25)26/h1-12,14H,13H2,(H,25,26). The maximum absolute atomic E-state index is 11.2.